The van der Waals surface area contributed by atoms with Crippen LogP contribution in [0.1, 0.15) is 12.2 Å². The summed E-state index contributed by atoms with van der Waals surface area (Å²) in [5.41, 5.74) is 2.57. The zero-order valence-electron chi connectivity index (χ0n) is 18.9. The zero-order valence-corrected chi connectivity index (χ0v) is 21.3. The summed E-state index contributed by atoms with van der Waals surface area (Å²) >= 11 is 7.77. The summed E-state index contributed by atoms with van der Waals surface area (Å²) in [5, 5.41) is 9.84. The Hall–Kier alpha value is -2.89. The molecular weight excluding hydrogens is 508 g/mol. The quantitative estimate of drug-likeness (QED) is 0.338. The largest absolute Gasteiger partial charge is 0.341 e. The van der Waals surface area contributed by atoms with Gasteiger partial charge in [0.2, 0.25) is 5.91 Å². The van der Waals surface area contributed by atoms with Crippen LogP contribution < -0.4 is 0 Å². The molecule has 1 aliphatic rings. The molecule has 1 amide bonds. The van der Waals surface area contributed by atoms with Crippen molar-refractivity contribution in [3.63, 3.8) is 0 Å². The van der Waals surface area contributed by atoms with Gasteiger partial charge in [0.15, 0.2) is 20.8 Å². The zero-order chi connectivity index (χ0) is 24.6. The first-order valence-electron chi connectivity index (χ1n) is 11.0. The lowest BCUT2D eigenvalue weighted by atomic mass is 10.2. The van der Waals surface area contributed by atoms with Crippen LogP contribution in [0.5, 0.6) is 0 Å². The summed E-state index contributed by atoms with van der Waals surface area (Å²) in [7, 11) is -1.42. The van der Waals surface area contributed by atoms with Crippen molar-refractivity contribution in [2.24, 2.45) is 0 Å². The normalized spacial score (nSPS) is 17.1. The highest BCUT2D eigenvalue weighted by molar-refractivity contribution is 7.99. The number of aromatic nitrogens is 5. The van der Waals surface area contributed by atoms with E-state index in [1.807, 2.05) is 51.6 Å². The predicted molar refractivity (Wildman–Crippen MR) is 136 cm³/mol. The third-order valence-electron chi connectivity index (χ3n) is 6.11. The number of nitrogens with zero attached hydrogens (tertiary/aromatic N) is 6. The molecule has 1 saturated heterocycles. The second-order valence-corrected chi connectivity index (χ2v) is 12.0. The molecular formula is C23H23ClN6O3S2. The van der Waals surface area contributed by atoms with Gasteiger partial charge in [-0.1, -0.05) is 47.6 Å². The second kappa shape index (κ2) is 9.63. The lowest BCUT2D eigenvalue weighted by Crippen LogP contribution is -2.38. The third kappa shape index (κ3) is 4.93. The van der Waals surface area contributed by atoms with E-state index >= 15 is 0 Å². The number of halogens is 1. The maximum atomic E-state index is 12.9. The number of amides is 1. The minimum atomic E-state index is -3.08. The first kappa shape index (κ1) is 23.8. The molecule has 1 atom stereocenters. The summed E-state index contributed by atoms with van der Waals surface area (Å²) in [6.45, 7) is 0.410. The molecule has 1 fully saturated rings. The molecule has 5 rings (SSSR count). The van der Waals surface area contributed by atoms with Crippen molar-refractivity contribution in [2.45, 2.75) is 24.2 Å². The Kier molecular flexibility index (Phi) is 6.56. The predicted octanol–water partition coefficient (Wildman–Crippen LogP) is 3.06. The van der Waals surface area contributed by atoms with Gasteiger partial charge in [-0.3, -0.25) is 9.36 Å². The Morgan fingerprint density at radius 2 is 1.94 bits per heavy atom. The van der Waals surface area contributed by atoms with Gasteiger partial charge in [-0.05, 0) is 30.7 Å². The van der Waals surface area contributed by atoms with Gasteiger partial charge in [0.05, 0.1) is 51.9 Å². The Bertz CT molecular complexity index is 1500. The maximum absolute atomic E-state index is 12.9. The van der Waals surface area contributed by atoms with E-state index in [-0.39, 0.29) is 29.2 Å². The van der Waals surface area contributed by atoms with E-state index in [0.29, 0.717) is 34.7 Å². The van der Waals surface area contributed by atoms with E-state index in [4.69, 9.17) is 11.6 Å². The highest BCUT2D eigenvalue weighted by Gasteiger charge is 2.32. The summed E-state index contributed by atoms with van der Waals surface area (Å²) in [5.74, 6) is 0.720. The maximum Gasteiger partial charge on any atom is 0.233 e. The fourth-order valence-electron chi connectivity index (χ4n) is 4.17. The van der Waals surface area contributed by atoms with Crippen LogP contribution in [0.15, 0.2) is 60.0 Å². The Morgan fingerprint density at radius 3 is 2.71 bits per heavy atom. The number of fused-ring (bicyclic) bond motifs is 1. The smallest absolute Gasteiger partial charge is 0.233 e. The van der Waals surface area contributed by atoms with E-state index in [2.05, 4.69) is 15.2 Å². The van der Waals surface area contributed by atoms with Gasteiger partial charge < -0.3 is 9.47 Å². The number of imidazole rings is 1. The number of para-hydroxylation sites is 3. The number of carbonyl (C=O) groups is 1. The monoisotopic (exact) mass is 530 g/mol. The van der Waals surface area contributed by atoms with Crippen molar-refractivity contribution in [3.8, 4) is 5.69 Å². The number of hydrogen-bond donors (Lipinski definition) is 0. The van der Waals surface area contributed by atoms with Crippen molar-refractivity contribution in [1.29, 1.82) is 0 Å². The third-order valence-corrected chi connectivity index (χ3v) is 9.09. The van der Waals surface area contributed by atoms with Gasteiger partial charge in [0.1, 0.15) is 0 Å². The molecule has 3 heterocycles. The lowest BCUT2D eigenvalue weighted by molar-refractivity contribution is -0.128. The summed E-state index contributed by atoms with van der Waals surface area (Å²) in [6, 6.07) is 14.9. The highest BCUT2D eigenvalue weighted by atomic mass is 35.5. The van der Waals surface area contributed by atoms with Crippen LogP contribution in [0.4, 0.5) is 0 Å². The van der Waals surface area contributed by atoms with Crippen molar-refractivity contribution in [2.75, 3.05) is 24.3 Å². The standard InChI is InChI=1S/C23H23ClN6O3S2/c1-28(16-10-11-35(32,33)14-16)22(31)13-34-23-27-26-21(30(23)19-8-4-2-6-17(19)24)12-29-15-25-18-7-3-5-9-20(18)29/h2-9,15-16H,10-14H2,1H3/t16-/m1/s1. The number of carbonyl (C=O) groups excluding carboxylic acids is 1. The molecule has 0 bridgehead atoms. The number of benzene rings is 2. The number of hydrogen-bond acceptors (Lipinski definition) is 7. The molecule has 182 valence electrons. The Labute approximate surface area is 212 Å². The van der Waals surface area contributed by atoms with Crippen molar-refractivity contribution in [1.82, 2.24) is 29.2 Å². The van der Waals surface area contributed by atoms with Crippen LogP contribution >= 0.6 is 23.4 Å². The van der Waals surface area contributed by atoms with Crippen molar-refractivity contribution < 1.29 is 13.2 Å². The van der Waals surface area contributed by atoms with Gasteiger partial charge in [-0.25, -0.2) is 13.4 Å². The summed E-state index contributed by atoms with van der Waals surface area (Å²) in [4.78, 5) is 18.8. The SMILES string of the molecule is CN(C(=O)CSc1nnc(Cn2cnc3ccccc32)n1-c1ccccc1Cl)[C@@H]1CCS(=O)(=O)C1. The van der Waals surface area contributed by atoms with Crippen LogP contribution in [-0.2, 0) is 21.2 Å². The second-order valence-electron chi connectivity index (χ2n) is 8.40. The molecule has 9 nitrogen and oxygen atoms in total. The van der Waals surface area contributed by atoms with Crippen molar-refractivity contribution >= 4 is 50.1 Å². The minimum absolute atomic E-state index is 0.0126. The molecule has 2 aromatic carbocycles. The number of thioether (sulfide) groups is 1. The average molecular weight is 531 g/mol. The molecule has 0 aliphatic carbocycles. The fraction of sp³-hybridized carbons (Fsp3) is 0.304. The molecule has 12 heteroatoms. The minimum Gasteiger partial charge on any atom is -0.341 e. The molecule has 0 saturated carbocycles. The van der Waals surface area contributed by atoms with Crippen LogP contribution in [0.3, 0.4) is 0 Å². The number of sulfone groups is 1. The highest BCUT2D eigenvalue weighted by Crippen LogP contribution is 2.28. The Balaban J connectivity index is 1.41. The van der Waals surface area contributed by atoms with Gasteiger partial charge in [0.25, 0.3) is 0 Å². The van der Waals surface area contributed by atoms with Gasteiger partial charge >= 0.3 is 0 Å². The Morgan fingerprint density at radius 1 is 1.17 bits per heavy atom. The van der Waals surface area contributed by atoms with Crippen LogP contribution in [0.25, 0.3) is 16.7 Å². The summed E-state index contributed by atoms with van der Waals surface area (Å²) in [6.07, 6.45) is 2.23. The molecule has 0 unspecified atom stereocenters. The van der Waals surface area contributed by atoms with Gasteiger partial charge in [-0.15, -0.1) is 10.2 Å². The molecule has 0 N–H and O–H groups in total. The van der Waals surface area contributed by atoms with E-state index in [1.165, 1.54) is 16.7 Å². The topological polar surface area (TPSA) is 103 Å². The van der Waals surface area contributed by atoms with E-state index in [0.717, 1.165) is 11.0 Å². The molecule has 2 aromatic heterocycles. The first-order valence-corrected chi connectivity index (χ1v) is 14.2. The lowest BCUT2D eigenvalue weighted by Gasteiger charge is -2.23. The van der Waals surface area contributed by atoms with Gasteiger partial charge in [0, 0.05) is 13.1 Å². The number of rotatable bonds is 7. The molecule has 0 spiro atoms. The fourth-order valence-corrected chi connectivity index (χ4v) is 7.05. The van der Waals surface area contributed by atoms with Crippen molar-refractivity contribution in [3.05, 3.63) is 65.7 Å². The van der Waals surface area contributed by atoms with Gasteiger partial charge in [-0.2, -0.15) is 0 Å². The molecule has 35 heavy (non-hydrogen) atoms. The van der Waals surface area contributed by atoms with Crippen LogP contribution in [-0.4, -0.2) is 73.9 Å². The first-order chi connectivity index (χ1) is 16.8. The van der Waals surface area contributed by atoms with Crippen LogP contribution in [0, 0.1) is 0 Å². The molecule has 0 radical (unpaired) electrons. The summed E-state index contributed by atoms with van der Waals surface area (Å²) < 4.78 is 27.5. The molecule has 4 aromatic rings. The van der Waals surface area contributed by atoms with E-state index in [1.54, 1.807) is 19.4 Å². The van der Waals surface area contributed by atoms with Crippen LogP contribution in [0.2, 0.25) is 5.02 Å². The van der Waals surface area contributed by atoms with E-state index in [9.17, 15) is 13.2 Å². The molecule has 1 aliphatic heterocycles. The average Bonchev–Trinajstić information content (AvgIpc) is 3.54. The van der Waals surface area contributed by atoms with E-state index < -0.39 is 9.84 Å².